The first-order valence-electron chi connectivity index (χ1n) is 4.39. The van der Waals surface area contributed by atoms with Crippen LogP contribution in [-0.2, 0) is 0 Å². The van der Waals surface area contributed by atoms with Gasteiger partial charge >= 0.3 is 11.9 Å². The van der Waals surface area contributed by atoms with Crippen LogP contribution in [0.2, 0.25) is 0 Å². The number of aromatic carboxylic acids is 2. The minimum absolute atomic E-state index is 0.0186. The van der Waals surface area contributed by atoms with Gasteiger partial charge in [0.05, 0.1) is 17.3 Å². The lowest BCUT2D eigenvalue weighted by Gasteiger charge is -1.95. The Hall–Kier alpha value is -2.70. The lowest BCUT2D eigenvalue weighted by atomic mass is 10.1. The van der Waals surface area contributed by atoms with Gasteiger partial charge in [0.1, 0.15) is 6.26 Å². The van der Waals surface area contributed by atoms with Crippen molar-refractivity contribution in [3.8, 4) is 0 Å². The number of benzene rings is 1. The molecule has 0 spiro atoms. The zero-order valence-corrected chi connectivity index (χ0v) is 8.48. The third kappa shape index (κ3) is 4.12. The van der Waals surface area contributed by atoms with Crippen LogP contribution in [-0.4, -0.2) is 32.5 Å². The van der Waals surface area contributed by atoms with Crippen LogP contribution in [0.25, 0.3) is 0 Å². The Balaban J connectivity index is 0.000000239. The van der Waals surface area contributed by atoms with Crippen molar-refractivity contribution in [2.45, 2.75) is 0 Å². The number of aromatic nitrogens is 2. The average molecular weight is 236 g/mol. The summed E-state index contributed by atoms with van der Waals surface area (Å²) in [7, 11) is 0. The number of rotatable bonds is 2. The van der Waals surface area contributed by atoms with E-state index in [0.29, 0.717) is 0 Å². The van der Waals surface area contributed by atoms with Crippen molar-refractivity contribution >= 4 is 11.9 Å². The van der Waals surface area contributed by atoms with Gasteiger partial charge in [-0.05, 0) is 18.2 Å². The molecule has 0 saturated heterocycles. The molecule has 0 aliphatic carbocycles. The van der Waals surface area contributed by atoms with E-state index in [0.717, 1.165) is 6.07 Å². The first-order chi connectivity index (χ1) is 8.11. The third-order valence-corrected chi connectivity index (χ3v) is 1.64. The smallest absolute Gasteiger partial charge is 0.335 e. The van der Waals surface area contributed by atoms with Gasteiger partial charge in [0.25, 0.3) is 0 Å². The van der Waals surface area contributed by atoms with Gasteiger partial charge in [-0.15, -0.1) is 5.10 Å². The van der Waals surface area contributed by atoms with Gasteiger partial charge in [-0.2, -0.15) is 0 Å². The molecular formula is C10H8N2O5. The maximum absolute atomic E-state index is 10.4. The fourth-order valence-corrected chi connectivity index (χ4v) is 0.921. The highest BCUT2D eigenvalue weighted by Crippen LogP contribution is 2.04. The highest BCUT2D eigenvalue weighted by molar-refractivity contribution is 5.93. The van der Waals surface area contributed by atoms with Crippen LogP contribution in [0, 0.1) is 0 Å². The van der Waals surface area contributed by atoms with Gasteiger partial charge in [-0.25, -0.2) is 9.59 Å². The molecular weight excluding hydrogens is 228 g/mol. The molecule has 0 bridgehead atoms. The molecule has 17 heavy (non-hydrogen) atoms. The van der Waals surface area contributed by atoms with Crippen molar-refractivity contribution in [2.75, 3.05) is 0 Å². The largest absolute Gasteiger partial charge is 0.478 e. The summed E-state index contributed by atoms with van der Waals surface area (Å²) in [4.78, 5) is 20.8. The Bertz CT molecular complexity index is 449. The highest BCUT2D eigenvalue weighted by Gasteiger charge is 2.06. The summed E-state index contributed by atoms with van der Waals surface area (Å²) in [5.74, 6) is -2.25. The number of carboxylic acids is 2. The van der Waals surface area contributed by atoms with E-state index in [4.69, 9.17) is 10.2 Å². The molecule has 2 aromatic rings. The predicted octanol–water partition coefficient (Wildman–Crippen LogP) is 1.15. The predicted molar refractivity (Wildman–Crippen MR) is 54.7 cm³/mol. The van der Waals surface area contributed by atoms with Gasteiger partial charge < -0.3 is 14.7 Å². The molecule has 2 rings (SSSR count). The van der Waals surface area contributed by atoms with Crippen LogP contribution in [0.4, 0.5) is 0 Å². The van der Waals surface area contributed by atoms with E-state index in [1.807, 2.05) is 0 Å². The second-order valence-electron chi connectivity index (χ2n) is 2.78. The van der Waals surface area contributed by atoms with E-state index >= 15 is 0 Å². The van der Waals surface area contributed by atoms with Gasteiger partial charge in [0.15, 0.2) is 0 Å². The number of hydrogen-bond donors (Lipinski definition) is 2. The van der Waals surface area contributed by atoms with Gasteiger partial charge in [-0.3, -0.25) is 0 Å². The number of nitrogens with zero attached hydrogens (tertiary/aromatic N) is 2. The Labute approximate surface area is 95.3 Å². The van der Waals surface area contributed by atoms with Crippen molar-refractivity contribution in [2.24, 2.45) is 0 Å². The van der Waals surface area contributed by atoms with Crippen LogP contribution >= 0.6 is 0 Å². The summed E-state index contributed by atoms with van der Waals surface area (Å²) in [6, 6.07) is 5.20. The number of hydrogen-bond acceptors (Lipinski definition) is 5. The van der Waals surface area contributed by atoms with Crippen molar-refractivity contribution in [1.82, 2.24) is 10.4 Å². The molecule has 0 amide bonds. The SMILES string of the molecule is O=C(O)c1cccc(C(=O)O)c1.c1conn1. The van der Waals surface area contributed by atoms with Crippen molar-refractivity contribution in [1.29, 1.82) is 0 Å². The first kappa shape index (κ1) is 12.4. The van der Waals surface area contributed by atoms with E-state index in [1.165, 1.54) is 30.7 Å². The Morgan fingerprint density at radius 2 is 1.71 bits per heavy atom. The Kier molecular flexibility index (Phi) is 4.37. The second kappa shape index (κ2) is 6.01. The van der Waals surface area contributed by atoms with Crippen molar-refractivity contribution < 1.29 is 24.3 Å². The summed E-state index contributed by atoms with van der Waals surface area (Å²) < 4.78 is 4.22. The zero-order chi connectivity index (χ0) is 12.7. The Morgan fingerprint density at radius 3 is 2.00 bits per heavy atom. The van der Waals surface area contributed by atoms with Gasteiger partial charge in [-0.1, -0.05) is 6.07 Å². The van der Waals surface area contributed by atoms with E-state index in [2.05, 4.69) is 14.9 Å². The fraction of sp³-hybridized carbons (Fsp3) is 0. The van der Waals surface area contributed by atoms with Crippen LogP contribution in [0.3, 0.4) is 0 Å². The van der Waals surface area contributed by atoms with E-state index < -0.39 is 11.9 Å². The first-order valence-corrected chi connectivity index (χ1v) is 4.39. The van der Waals surface area contributed by atoms with Gasteiger partial charge in [0, 0.05) is 5.27 Å². The van der Waals surface area contributed by atoms with Crippen molar-refractivity contribution in [3.05, 3.63) is 47.9 Å². The van der Waals surface area contributed by atoms with Crippen molar-refractivity contribution in [3.63, 3.8) is 0 Å². The molecule has 0 radical (unpaired) electrons. The van der Waals surface area contributed by atoms with E-state index in [-0.39, 0.29) is 11.1 Å². The summed E-state index contributed by atoms with van der Waals surface area (Å²) in [5, 5.41) is 23.4. The molecule has 1 aromatic carbocycles. The number of carboxylic acid groups (broad SMARTS) is 2. The molecule has 0 fully saturated rings. The standard InChI is InChI=1S/C8H6O4.C2H2N2O/c9-7(10)5-2-1-3-6(4-5)8(11)12;1-2-5-4-3-1/h1-4H,(H,9,10)(H,11,12);1-2H. The summed E-state index contributed by atoms with van der Waals surface area (Å²) in [5.41, 5.74) is -0.0372. The lowest BCUT2D eigenvalue weighted by molar-refractivity contribution is 0.0696. The van der Waals surface area contributed by atoms with Gasteiger partial charge in [0.2, 0.25) is 0 Å². The molecule has 7 heteroatoms. The van der Waals surface area contributed by atoms with Crippen LogP contribution < -0.4 is 0 Å². The Morgan fingerprint density at radius 1 is 1.12 bits per heavy atom. The molecule has 7 nitrogen and oxygen atoms in total. The maximum atomic E-state index is 10.4. The zero-order valence-electron chi connectivity index (χ0n) is 8.48. The summed E-state index contributed by atoms with van der Waals surface area (Å²) in [6.07, 6.45) is 2.88. The highest BCUT2D eigenvalue weighted by atomic mass is 16.5. The van der Waals surface area contributed by atoms with E-state index in [9.17, 15) is 9.59 Å². The molecule has 0 aliphatic heterocycles. The lowest BCUT2D eigenvalue weighted by Crippen LogP contribution is -2.01. The number of carbonyl (C=O) groups is 2. The maximum Gasteiger partial charge on any atom is 0.335 e. The molecule has 0 unspecified atom stereocenters. The molecule has 0 saturated carbocycles. The topological polar surface area (TPSA) is 114 Å². The molecule has 1 aromatic heterocycles. The fourth-order valence-electron chi connectivity index (χ4n) is 0.921. The monoisotopic (exact) mass is 236 g/mol. The second-order valence-corrected chi connectivity index (χ2v) is 2.78. The van der Waals surface area contributed by atoms with E-state index in [1.54, 1.807) is 0 Å². The normalized spacial score (nSPS) is 8.94. The molecule has 1 heterocycles. The minimum atomic E-state index is -1.13. The average Bonchev–Trinajstić information content (AvgIpc) is 2.87. The van der Waals surface area contributed by atoms with Crippen LogP contribution in [0.1, 0.15) is 20.7 Å². The minimum Gasteiger partial charge on any atom is -0.478 e. The summed E-state index contributed by atoms with van der Waals surface area (Å²) >= 11 is 0. The molecule has 0 aliphatic rings. The van der Waals surface area contributed by atoms with Crippen LogP contribution in [0.15, 0.2) is 41.2 Å². The molecule has 0 atom stereocenters. The molecule has 88 valence electrons. The molecule has 2 N–H and O–H groups in total. The summed E-state index contributed by atoms with van der Waals surface area (Å²) in [6.45, 7) is 0. The third-order valence-electron chi connectivity index (χ3n) is 1.64. The quantitative estimate of drug-likeness (QED) is 0.803. The van der Waals surface area contributed by atoms with Crippen LogP contribution in [0.5, 0.6) is 0 Å².